The average molecular weight is 381 g/mol. The molecule has 3 aromatic carbocycles. The summed E-state index contributed by atoms with van der Waals surface area (Å²) in [6, 6.07) is 17.9. The third-order valence-corrected chi connectivity index (χ3v) is 5.97. The largest absolute Gasteiger partial charge is 0.299 e. The first-order chi connectivity index (χ1) is 11.8. The van der Waals surface area contributed by atoms with Crippen LogP contribution >= 0.6 is 15.9 Å². The van der Waals surface area contributed by atoms with Crippen LogP contribution in [0.4, 0.5) is 0 Å². The topological polar surface area (TPSA) is 15.6 Å². The van der Waals surface area contributed by atoms with Gasteiger partial charge in [-0.2, -0.15) is 0 Å². The number of rotatable bonds is 3. The second kappa shape index (κ2) is 6.66. The molecule has 1 heterocycles. The van der Waals surface area contributed by atoms with E-state index in [1.54, 1.807) is 0 Å². The van der Waals surface area contributed by atoms with Crippen molar-refractivity contribution in [3.05, 3.63) is 58.6 Å². The number of hydrogen-bond acceptors (Lipinski definition) is 2. The van der Waals surface area contributed by atoms with Gasteiger partial charge in [0, 0.05) is 30.3 Å². The Kier molecular flexibility index (Phi) is 4.38. The minimum atomic E-state index is 0.465. The van der Waals surface area contributed by atoms with Crippen molar-refractivity contribution in [3.63, 3.8) is 0 Å². The summed E-state index contributed by atoms with van der Waals surface area (Å²) in [4.78, 5) is 6.82. The summed E-state index contributed by atoms with van der Waals surface area (Å²) in [5.41, 5.74) is 1.39. The monoisotopic (exact) mass is 380 g/mol. The van der Waals surface area contributed by atoms with Gasteiger partial charge in [0.25, 0.3) is 0 Å². The SMILES string of the molecule is CN=CC1CCCN1Cc1c(Br)c2ccccc2c2ccccc12. The van der Waals surface area contributed by atoms with Crippen molar-refractivity contribution in [1.29, 1.82) is 0 Å². The molecule has 1 unspecified atom stereocenters. The molecule has 24 heavy (non-hydrogen) atoms. The number of benzene rings is 3. The van der Waals surface area contributed by atoms with Gasteiger partial charge in [-0.15, -0.1) is 0 Å². The number of nitrogens with zero attached hydrogens (tertiary/aromatic N) is 2. The molecular weight excluding hydrogens is 360 g/mol. The van der Waals surface area contributed by atoms with Gasteiger partial charge >= 0.3 is 0 Å². The predicted molar refractivity (Wildman–Crippen MR) is 107 cm³/mol. The molecule has 2 nitrogen and oxygen atoms in total. The first kappa shape index (κ1) is 15.8. The highest BCUT2D eigenvalue weighted by Gasteiger charge is 2.24. The summed E-state index contributed by atoms with van der Waals surface area (Å²) in [5, 5.41) is 5.30. The molecule has 3 heteroatoms. The molecule has 0 N–H and O–H groups in total. The van der Waals surface area contributed by atoms with E-state index in [1.165, 1.54) is 44.4 Å². The number of aliphatic imine (C=N–C) groups is 1. The highest BCUT2D eigenvalue weighted by atomic mass is 79.9. The fourth-order valence-corrected chi connectivity index (χ4v) is 4.60. The molecule has 122 valence electrons. The van der Waals surface area contributed by atoms with Crippen molar-refractivity contribution >= 4 is 43.7 Å². The molecule has 0 radical (unpaired) electrons. The second-order valence-electron chi connectivity index (χ2n) is 6.47. The van der Waals surface area contributed by atoms with E-state index in [9.17, 15) is 0 Å². The van der Waals surface area contributed by atoms with Crippen molar-refractivity contribution in [2.75, 3.05) is 13.6 Å². The van der Waals surface area contributed by atoms with Crippen LogP contribution in [0.1, 0.15) is 18.4 Å². The number of likely N-dealkylation sites (tertiary alicyclic amines) is 1. The zero-order chi connectivity index (χ0) is 16.5. The molecule has 0 aromatic heterocycles. The molecule has 0 amide bonds. The minimum absolute atomic E-state index is 0.465. The summed E-state index contributed by atoms with van der Waals surface area (Å²) < 4.78 is 1.23. The molecule has 3 aromatic rings. The van der Waals surface area contributed by atoms with Crippen LogP contribution in [-0.4, -0.2) is 30.7 Å². The maximum absolute atomic E-state index is 4.27. The predicted octanol–water partition coefficient (Wildman–Crippen LogP) is 5.42. The fraction of sp³-hybridized carbons (Fsp3) is 0.286. The molecule has 1 aliphatic rings. The van der Waals surface area contributed by atoms with Crippen LogP contribution in [0, 0.1) is 0 Å². The zero-order valence-corrected chi connectivity index (χ0v) is 15.5. The van der Waals surface area contributed by atoms with Crippen LogP contribution in [-0.2, 0) is 6.54 Å². The maximum atomic E-state index is 4.27. The Morgan fingerprint density at radius 3 is 2.38 bits per heavy atom. The van der Waals surface area contributed by atoms with Crippen molar-refractivity contribution in [1.82, 2.24) is 4.90 Å². The first-order valence-electron chi connectivity index (χ1n) is 8.53. The lowest BCUT2D eigenvalue weighted by molar-refractivity contribution is 0.298. The summed E-state index contributed by atoms with van der Waals surface area (Å²) in [6.07, 6.45) is 4.56. The molecule has 0 bridgehead atoms. The Labute approximate surface area is 151 Å². The van der Waals surface area contributed by atoms with E-state index in [0.717, 1.165) is 13.1 Å². The van der Waals surface area contributed by atoms with E-state index < -0.39 is 0 Å². The highest BCUT2D eigenvalue weighted by Crippen LogP contribution is 2.37. The fourth-order valence-electron chi connectivity index (χ4n) is 3.92. The number of halogens is 1. The lowest BCUT2D eigenvalue weighted by atomic mass is 9.97. The van der Waals surface area contributed by atoms with Gasteiger partial charge in [0.05, 0.1) is 0 Å². The second-order valence-corrected chi connectivity index (χ2v) is 7.26. The Bertz CT molecular complexity index is 916. The normalized spacial score (nSPS) is 19.0. The molecule has 1 fully saturated rings. The Balaban J connectivity index is 1.89. The molecular formula is C21H21BrN2. The molecule has 1 aliphatic heterocycles. The van der Waals surface area contributed by atoms with Crippen molar-refractivity contribution in [2.24, 2.45) is 4.99 Å². The minimum Gasteiger partial charge on any atom is -0.299 e. The van der Waals surface area contributed by atoms with Crippen LogP contribution in [0.5, 0.6) is 0 Å². The van der Waals surface area contributed by atoms with E-state index in [2.05, 4.69) is 80.6 Å². The Hall–Kier alpha value is -1.71. The van der Waals surface area contributed by atoms with Gasteiger partial charge in [-0.3, -0.25) is 9.89 Å². The summed E-state index contributed by atoms with van der Waals surface area (Å²) in [6.45, 7) is 2.10. The van der Waals surface area contributed by atoms with Gasteiger partial charge in [0.1, 0.15) is 0 Å². The molecule has 0 saturated carbocycles. The third-order valence-electron chi connectivity index (χ3n) is 5.07. The molecule has 0 aliphatic carbocycles. The lowest BCUT2D eigenvalue weighted by Gasteiger charge is -2.24. The van der Waals surface area contributed by atoms with Gasteiger partial charge in [-0.1, -0.05) is 48.5 Å². The first-order valence-corrected chi connectivity index (χ1v) is 9.33. The lowest BCUT2D eigenvalue weighted by Crippen LogP contribution is -2.30. The van der Waals surface area contributed by atoms with E-state index in [1.807, 2.05) is 7.05 Å². The number of hydrogen-bond donors (Lipinski definition) is 0. The Morgan fingerprint density at radius 2 is 1.67 bits per heavy atom. The molecule has 1 atom stereocenters. The maximum Gasteiger partial charge on any atom is 0.0450 e. The van der Waals surface area contributed by atoms with Crippen LogP contribution in [0.3, 0.4) is 0 Å². The third kappa shape index (κ3) is 2.66. The zero-order valence-electron chi connectivity index (χ0n) is 13.9. The van der Waals surface area contributed by atoms with E-state index in [0.29, 0.717) is 6.04 Å². The van der Waals surface area contributed by atoms with Crippen molar-refractivity contribution in [2.45, 2.75) is 25.4 Å². The van der Waals surface area contributed by atoms with E-state index >= 15 is 0 Å². The van der Waals surface area contributed by atoms with Crippen molar-refractivity contribution in [3.8, 4) is 0 Å². The summed E-state index contributed by atoms with van der Waals surface area (Å²) in [5.74, 6) is 0. The molecule has 1 saturated heterocycles. The van der Waals surface area contributed by atoms with Gasteiger partial charge in [-0.05, 0) is 62.4 Å². The van der Waals surface area contributed by atoms with Crippen LogP contribution < -0.4 is 0 Å². The average Bonchev–Trinajstić information content (AvgIpc) is 3.06. The van der Waals surface area contributed by atoms with Gasteiger partial charge in [0.2, 0.25) is 0 Å². The van der Waals surface area contributed by atoms with Gasteiger partial charge in [0.15, 0.2) is 0 Å². The summed E-state index contributed by atoms with van der Waals surface area (Å²) >= 11 is 3.91. The van der Waals surface area contributed by atoms with Gasteiger partial charge in [-0.25, -0.2) is 0 Å². The highest BCUT2D eigenvalue weighted by molar-refractivity contribution is 9.10. The standard InChI is InChI=1S/C21H21BrN2/c1-23-13-15-7-6-12-24(15)14-20-18-10-3-2-8-16(18)17-9-4-5-11-19(17)21(20)22/h2-5,8-11,13,15H,6-7,12,14H2,1H3. The van der Waals surface area contributed by atoms with Crippen LogP contribution in [0.25, 0.3) is 21.5 Å². The van der Waals surface area contributed by atoms with E-state index in [4.69, 9.17) is 0 Å². The Morgan fingerprint density at radius 1 is 1.04 bits per heavy atom. The van der Waals surface area contributed by atoms with Gasteiger partial charge < -0.3 is 0 Å². The van der Waals surface area contributed by atoms with Crippen LogP contribution in [0.15, 0.2) is 58.0 Å². The van der Waals surface area contributed by atoms with Crippen molar-refractivity contribution < 1.29 is 0 Å². The molecule has 4 rings (SSSR count). The summed E-state index contributed by atoms with van der Waals surface area (Å²) in [7, 11) is 1.87. The smallest absolute Gasteiger partial charge is 0.0450 e. The molecule has 0 spiro atoms. The van der Waals surface area contributed by atoms with E-state index in [-0.39, 0.29) is 0 Å². The number of fused-ring (bicyclic) bond motifs is 3. The quantitative estimate of drug-likeness (QED) is 0.437. The van der Waals surface area contributed by atoms with Crippen LogP contribution in [0.2, 0.25) is 0 Å².